The molecular weight excluding hydrogens is 240 g/mol. The second-order valence-electron chi connectivity index (χ2n) is 5.70. The van der Waals surface area contributed by atoms with E-state index in [1.54, 1.807) is 13.1 Å². The fourth-order valence-electron chi connectivity index (χ4n) is 2.97. The quantitative estimate of drug-likeness (QED) is 0.856. The average molecular weight is 264 g/mol. The van der Waals surface area contributed by atoms with E-state index in [1.165, 1.54) is 25.7 Å². The number of aromatic nitrogens is 1. The van der Waals surface area contributed by atoms with Crippen molar-refractivity contribution in [2.45, 2.75) is 45.8 Å². The first-order valence-electron chi connectivity index (χ1n) is 7.07. The minimum atomic E-state index is -0.0760. The van der Waals surface area contributed by atoms with Crippen LogP contribution in [0, 0.1) is 12.8 Å². The van der Waals surface area contributed by atoms with E-state index < -0.39 is 0 Å². The average Bonchev–Trinajstić information content (AvgIpc) is 2.88. The van der Waals surface area contributed by atoms with Gasteiger partial charge in [-0.05, 0) is 32.7 Å². The normalized spacial score (nSPS) is 16.4. The van der Waals surface area contributed by atoms with E-state index in [0.717, 1.165) is 23.6 Å². The zero-order chi connectivity index (χ0) is 13.8. The number of aliphatic hydroxyl groups excluding tert-OH is 1. The highest BCUT2D eigenvalue weighted by Crippen LogP contribution is 2.28. The maximum Gasteiger partial charge on any atom is 0.141 e. The number of aromatic hydroxyl groups is 1. The summed E-state index contributed by atoms with van der Waals surface area (Å²) in [4.78, 5) is 6.33. The van der Waals surface area contributed by atoms with Crippen LogP contribution in [-0.2, 0) is 13.2 Å². The molecule has 4 heteroatoms. The highest BCUT2D eigenvalue weighted by Gasteiger charge is 2.19. The van der Waals surface area contributed by atoms with Gasteiger partial charge in [0.05, 0.1) is 12.3 Å². The van der Waals surface area contributed by atoms with E-state index in [2.05, 4.69) is 16.9 Å². The fourth-order valence-corrected chi connectivity index (χ4v) is 2.97. The van der Waals surface area contributed by atoms with Gasteiger partial charge >= 0.3 is 0 Å². The van der Waals surface area contributed by atoms with E-state index >= 15 is 0 Å². The van der Waals surface area contributed by atoms with Crippen molar-refractivity contribution in [1.29, 1.82) is 0 Å². The van der Waals surface area contributed by atoms with Gasteiger partial charge in [0.15, 0.2) is 0 Å². The van der Waals surface area contributed by atoms with Crippen molar-refractivity contribution in [3.8, 4) is 5.75 Å². The molecule has 2 rings (SSSR count). The molecule has 0 bridgehead atoms. The van der Waals surface area contributed by atoms with Gasteiger partial charge in [0.25, 0.3) is 0 Å². The van der Waals surface area contributed by atoms with Crippen molar-refractivity contribution in [2.24, 2.45) is 5.92 Å². The first kappa shape index (κ1) is 14.3. The number of nitrogens with zero attached hydrogens (tertiary/aromatic N) is 2. The van der Waals surface area contributed by atoms with Crippen LogP contribution in [0.2, 0.25) is 0 Å². The first-order chi connectivity index (χ1) is 9.11. The Labute approximate surface area is 115 Å². The van der Waals surface area contributed by atoms with Gasteiger partial charge in [-0.2, -0.15) is 0 Å². The molecule has 0 aliphatic heterocycles. The smallest absolute Gasteiger partial charge is 0.141 e. The standard InChI is InChI=1S/C15H24N2O2/c1-11-15(19)14(13(10-18)7-16-11)9-17(2)8-12-5-3-4-6-12/h7,12,18-19H,3-6,8-10H2,1-2H3. The maximum absolute atomic E-state index is 10.1. The molecule has 106 valence electrons. The van der Waals surface area contributed by atoms with E-state index in [4.69, 9.17) is 0 Å². The molecule has 4 nitrogen and oxygen atoms in total. The Balaban J connectivity index is 2.06. The second kappa shape index (κ2) is 6.35. The Kier molecular flexibility index (Phi) is 4.77. The topological polar surface area (TPSA) is 56.6 Å². The fraction of sp³-hybridized carbons (Fsp3) is 0.667. The molecule has 1 heterocycles. The molecule has 1 saturated carbocycles. The molecule has 1 aliphatic rings. The number of aryl methyl sites for hydroxylation is 1. The summed E-state index contributed by atoms with van der Waals surface area (Å²) >= 11 is 0. The Hall–Kier alpha value is -1.13. The lowest BCUT2D eigenvalue weighted by molar-refractivity contribution is 0.255. The summed E-state index contributed by atoms with van der Waals surface area (Å²) in [5.41, 5.74) is 2.17. The Morgan fingerprint density at radius 1 is 1.37 bits per heavy atom. The van der Waals surface area contributed by atoms with Crippen molar-refractivity contribution < 1.29 is 10.2 Å². The van der Waals surface area contributed by atoms with Crippen LogP contribution in [0.1, 0.15) is 42.5 Å². The number of hydrogen-bond donors (Lipinski definition) is 2. The number of rotatable bonds is 5. The molecule has 0 saturated heterocycles. The summed E-state index contributed by atoms with van der Waals surface area (Å²) in [6.45, 7) is 3.44. The zero-order valence-corrected chi connectivity index (χ0v) is 11.9. The lowest BCUT2D eigenvalue weighted by atomic mass is 10.1. The van der Waals surface area contributed by atoms with Crippen LogP contribution in [0.15, 0.2) is 6.20 Å². The van der Waals surface area contributed by atoms with Crippen LogP contribution >= 0.6 is 0 Å². The summed E-state index contributed by atoms with van der Waals surface area (Å²) in [6, 6.07) is 0. The highest BCUT2D eigenvalue weighted by molar-refractivity contribution is 5.40. The SMILES string of the molecule is Cc1ncc(CO)c(CN(C)CC2CCCC2)c1O. The van der Waals surface area contributed by atoms with Gasteiger partial charge in [0.1, 0.15) is 5.75 Å². The van der Waals surface area contributed by atoms with Crippen molar-refractivity contribution in [2.75, 3.05) is 13.6 Å². The van der Waals surface area contributed by atoms with Gasteiger partial charge in [-0.15, -0.1) is 0 Å². The molecule has 19 heavy (non-hydrogen) atoms. The van der Waals surface area contributed by atoms with Crippen LogP contribution in [0.3, 0.4) is 0 Å². The largest absolute Gasteiger partial charge is 0.506 e. The third-order valence-electron chi connectivity index (χ3n) is 4.07. The second-order valence-corrected chi connectivity index (χ2v) is 5.70. The minimum absolute atomic E-state index is 0.0760. The van der Waals surface area contributed by atoms with Crippen LogP contribution in [-0.4, -0.2) is 33.7 Å². The molecular formula is C15H24N2O2. The van der Waals surface area contributed by atoms with E-state index in [9.17, 15) is 10.2 Å². The van der Waals surface area contributed by atoms with Crippen LogP contribution in [0.25, 0.3) is 0 Å². The van der Waals surface area contributed by atoms with E-state index in [-0.39, 0.29) is 12.4 Å². The third kappa shape index (κ3) is 3.45. The molecule has 0 unspecified atom stereocenters. The van der Waals surface area contributed by atoms with Gasteiger partial charge in [-0.1, -0.05) is 12.8 Å². The predicted molar refractivity (Wildman–Crippen MR) is 74.9 cm³/mol. The van der Waals surface area contributed by atoms with Gasteiger partial charge in [0, 0.05) is 30.4 Å². The van der Waals surface area contributed by atoms with Crippen molar-refractivity contribution in [1.82, 2.24) is 9.88 Å². The summed E-state index contributed by atoms with van der Waals surface area (Å²) in [5.74, 6) is 1.01. The van der Waals surface area contributed by atoms with Crippen molar-refractivity contribution in [3.63, 3.8) is 0 Å². The molecule has 1 aliphatic carbocycles. The van der Waals surface area contributed by atoms with Crippen molar-refractivity contribution in [3.05, 3.63) is 23.0 Å². The summed E-state index contributed by atoms with van der Waals surface area (Å²) in [7, 11) is 2.08. The first-order valence-corrected chi connectivity index (χ1v) is 7.07. The number of aliphatic hydroxyl groups is 1. The lowest BCUT2D eigenvalue weighted by Gasteiger charge is -2.22. The molecule has 1 aromatic heterocycles. The van der Waals surface area contributed by atoms with Gasteiger partial charge < -0.3 is 15.1 Å². The minimum Gasteiger partial charge on any atom is -0.506 e. The summed E-state index contributed by atoms with van der Waals surface area (Å²) in [6.07, 6.45) is 6.99. The van der Waals surface area contributed by atoms with Gasteiger partial charge in [-0.3, -0.25) is 4.98 Å². The molecule has 2 N–H and O–H groups in total. The number of hydrogen-bond acceptors (Lipinski definition) is 4. The molecule has 1 fully saturated rings. The van der Waals surface area contributed by atoms with E-state index in [1.807, 2.05) is 0 Å². The molecule has 0 atom stereocenters. The highest BCUT2D eigenvalue weighted by atomic mass is 16.3. The monoisotopic (exact) mass is 264 g/mol. The predicted octanol–water partition coefficient (Wildman–Crippen LogP) is 2.21. The zero-order valence-electron chi connectivity index (χ0n) is 11.9. The molecule has 0 radical (unpaired) electrons. The molecule has 0 aromatic carbocycles. The maximum atomic E-state index is 10.1. The Morgan fingerprint density at radius 3 is 2.68 bits per heavy atom. The van der Waals surface area contributed by atoms with Crippen LogP contribution in [0.5, 0.6) is 5.75 Å². The van der Waals surface area contributed by atoms with Gasteiger partial charge in [-0.25, -0.2) is 0 Å². The summed E-state index contributed by atoms with van der Waals surface area (Å²) < 4.78 is 0. The van der Waals surface area contributed by atoms with Crippen LogP contribution in [0.4, 0.5) is 0 Å². The Bertz CT molecular complexity index is 428. The molecule has 1 aromatic rings. The Morgan fingerprint density at radius 2 is 2.05 bits per heavy atom. The lowest BCUT2D eigenvalue weighted by Crippen LogP contribution is -2.25. The third-order valence-corrected chi connectivity index (χ3v) is 4.07. The summed E-state index contributed by atoms with van der Waals surface area (Å²) in [5, 5.41) is 19.5. The molecule has 0 spiro atoms. The van der Waals surface area contributed by atoms with Crippen LogP contribution < -0.4 is 0 Å². The van der Waals surface area contributed by atoms with Crippen molar-refractivity contribution >= 4 is 0 Å². The molecule has 0 amide bonds. The van der Waals surface area contributed by atoms with E-state index in [0.29, 0.717) is 12.2 Å². The number of pyridine rings is 1. The van der Waals surface area contributed by atoms with Gasteiger partial charge in [0.2, 0.25) is 0 Å².